The second kappa shape index (κ2) is 8.82. The van der Waals surface area contributed by atoms with Crippen LogP contribution in [0, 0.1) is 0 Å². The van der Waals surface area contributed by atoms with E-state index in [9.17, 15) is 22.8 Å². The fourth-order valence-electron chi connectivity index (χ4n) is 3.59. The van der Waals surface area contributed by atoms with Gasteiger partial charge < -0.3 is 14.7 Å². The van der Waals surface area contributed by atoms with Crippen molar-refractivity contribution < 1.29 is 32.6 Å². The summed E-state index contributed by atoms with van der Waals surface area (Å²) in [6.45, 7) is -0.205. The van der Waals surface area contributed by atoms with E-state index in [-0.39, 0.29) is 12.5 Å². The molecule has 4 rings (SSSR count). The molecule has 1 amide bonds. The Balaban J connectivity index is 1.56. The highest BCUT2D eigenvalue weighted by atomic mass is 19.4. The molecule has 0 radical (unpaired) electrons. The van der Waals surface area contributed by atoms with Crippen LogP contribution in [0.4, 0.5) is 18.9 Å². The van der Waals surface area contributed by atoms with Gasteiger partial charge in [-0.2, -0.15) is 13.2 Å². The molecule has 1 heterocycles. The number of amides is 1. The lowest BCUT2D eigenvalue weighted by Crippen LogP contribution is -2.23. The van der Waals surface area contributed by atoms with Crippen molar-refractivity contribution in [3.8, 4) is 5.75 Å². The largest absolute Gasteiger partial charge is 0.482 e. The number of halogens is 3. The number of alkyl halides is 3. The number of carboxylic acids is 1. The summed E-state index contributed by atoms with van der Waals surface area (Å²) in [5.74, 6) is -0.927. The number of nitrogens with zero attached hydrogens (tertiary/aromatic N) is 1. The van der Waals surface area contributed by atoms with E-state index in [1.165, 1.54) is 17.0 Å². The summed E-state index contributed by atoms with van der Waals surface area (Å²) >= 11 is 0. The van der Waals surface area contributed by atoms with E-state index >= 15 is 0 Å². The van der Waals surface area contributed by atoms with E-state index in [1.54, 1.807) is 30.3 Å². The van der Waals surface area contributed by atoms with Gasteiger partial charge in [0.1, 0.15) is 5.75 Å². The van der Waals surface area contributed by atoms with Crippen LogP contribution in [-0.4, -0.2) is 23.6 Å². The van der Waals surface area contributed by atoms with Gasteiger partial charge in [0, 0.05) is 11.3 Å². The SMILES string of the molecule is O=C(O)COc1cccc(/C=C/c2cccc3c2CN(c2ccc(C(F)(F)F)cc2)C3=O)c1. The lowest BCUT2D eigenvalue weighted by Gasteiger charge is -2.17. The highest BCUT2D eigenvalue weighted by Gasteiger charge is 2.32. The van der Waals surface area contributed by atoms with Gasteiger partial charge in [0.05, 0.1) is 12.1 Å². The fraction of sp³-hybridized carbons (Fsp3) is 0.120. The zero-order chi connectivity index (χ0) is 23.6. The third-order valence-corrected chi connectivity index (χ3v) is 5.19. The molecule has 168 valence electrons. The average Bonchev–Trinajstić information content (AvgIpc) is 3.13. The number of ether oxygens (including phenoxy) is 1. The summed E-state index contributed by atoms with van der Waals surface area (Å²) < 4.78 is 43.7. The molecular weight excluding hydrogens is 435 g/mol. The molecular formula is C25H18F3NO4. The van der Waals surface area contributed by atoms with Crippen LogP contribution in [0.1, 0.15) is 32.6 Å². The van der Waals surface area contributed by atoms with Crippen LogP contribution >= 0.6 is 0 Å². The number of hydrogen-bond donors (Lipinski definition) is 1. The normalized spacial score (nSPS) is 13.4. The maximum absolute atomic E-state index is 12.9. The Morgan fingerprint density at radius 1 is 1.03 bits per heavy atom. The van der Waals surface area contributed by atoms with E-state index < -0.39 is 24.3 Å². The molecule has 8 heteroatoms. The molecule has 1 N–H and O–H groups in total. The molecule has 0 aliphatic carbocycles. The highest BCUT2D eigenvalue weighted by Crippen LogP contribution is 2.34. The topological polar surface area (TPSA) is 66.8 Å². The third kappa shape index (κ3) is 4.90. The Labute approximate surface area is 187 Å². The van der Waals surface area contributed by atoms with Crippen LogP contribution in [-0.2, 0) is 17.5 Å². The number of fused-ring (bicyclic) bond motifs is 1. The van der Waals surface area contributed by atoms with E-state index in [0.717, 1.165) is 28.8 Å². The average molecular weight is 453 g/mol. The Morgan fingerprint density at radius 2 is 1.76 bits per heavy atom. The van der Waals surface area contributed by atoms with Gasteiger partial charge in [-0.1, -0.05) is 36.4 Å². The standard InChI is InChI=1S/C25H18F3NO4/c26-25(27,28)18-9-11-19(12-10-18)29-14-22-17(4-2-6-21(22)24(29)32)8-7-16-3-1-5-20(13-16)33-15-23(30)31/h1-13H,14-15H2,(H,30,31)/b8-7+. The summed E-state index contributed by atoms with van der Waals surface area (Å²) in [4.78, 5) is 25.0. The van der Waals surface area contributed by atoms with Crippen LogP contribution < -0.4 is 9.64 Å². The number of carbonyl (C=O) groups excluding carboxylic acids is 1. The summed E-state index contributed by atoms with van der Waals surface area (Å²) in [7, 11) is 0. The minimum Gasteiger partial charge on any atom is -0.482 e. The Hall–Kier alpha value is -4.07. The van der Waals surface area contributed by atoms with Gasteiger partial charge in [-0.05, 0) is 59.2 Å². The lowest BCUT2D eigenvalue weighted by molar-refractivity contribution is -0.139. The van der Waals surface area contributed by atoms with Crippen molar-refractivity contribution >= 4 is 29.7 Å². The van der Waals surface area contributed by atoms with E-state index in [0.29, 0.717) is 17.0 Å². The van der Waals surface area contributed by atoms with Gasteiger partial charge in [0.2, 0.25) is 0 Å². The summed E-state index contributed by atoms with van der Waals surface area (Å²) in [6.07, 6.45) is -0.794. The Bertz CT molecular complexity index is 1230. The number of benzene rings is 3. The number of hydrogen-bond acceptors (Lipinski definition) is 3. The second-order valence-electron chi connectivity index (χ2n) is 7.40. The second-order valence-corrected chi connectivity index (χ2v) is 7.40. The van der Waals surface area contributed by atoms with Crippen molar-refractivity contribution in [1.29, 1.82) is 0 Å². The predicted octanol–water partition coefficient (Wildman–Crippen LogP) is 5.50. The summed E-state index contributed by atoms with van der Waals surface area (Å²) in [6, 6.07) is 16.7. The van der Waals surface area contributed by atoms with E-state index in [4.69, 9.17) is 9.84 Å². The maximum Gasteiger partial charge on any atom is 0.416 e. The molecule has 0 saturated carbocycles. The smallest absolute Gasteiger partial charge is 0.416 e. The van der Waals surface area contributed by atoms with Crippen LogP contribution in [0.15, 0.2) is 66.7 Å². The molecule has 33 heavy (non-hydrogen) atoms. The van der Waals surface area contributed by atoms with Crippen molar-refractivity contribution in [3.05, 3.63) is 94.5 Å². The lowest BCUT2D eigenvalue weighted by atomic mass is 10.0. The van der Waals surface area contributed by atoms with Gasteiger partial charge in [-0.25, -0.2) is 4.79 Å². The van der Waals surface area contributed by atoms with Crippen molar-refractivity contribution in [2.45, 2.75) is 12.7 Å². The first-order valence-electron chi connectivity index (χ1n) is 9.96. The van der Waals surface area contributed by atoms with E-state index in [1.807, 2.05) is 24.3 Å². The molecule has 3 aromatic rings. The van der Waals surface area contributed by atoms with Crippen molar-refractivity contribution in [1.82, 2.24) is 0 Å². The van der Waals surface area contributed by atoms with Gasteiger partial charge in [-0.15, -0.1) is 0 Å². The van der Waals surface area contributed by atoms with Gasteiger partial charge in [0.25, 0.3) is 5.91 Å². The zero-order valence-corrected chi connectivity index (χ0v) is 17.2. The first kappa shape index (κ1) is 22.1. The van der Waals surface area contributed by atoms with E-state index in [2.05, 4.69) is 0 Å². The maximum atomic E-state index is 12.9. The predicted molar refractivity (Wildman–Crippen MR) is 117 cm³/mol. The molecule has 1 aliphatic heterocycles. The first-order chi connectivity index (χ1) is 15.7. The third-order valence-electron chi connectivity index (χ3n) is 5.19. The molecule has 0 aromatic heterocycles. The molecule has 0 bridgehead atoms. The van der Waals surface area contributed by atoms with Crippen molar-refractivity contribution in [2.75, 3.05) is 11.5 Å². The number of carbonyl (C=O) groups is 2. The van der Waals surface area contributed by atoms with Crippen LogP contribution in [0.5, 0.6) is 5.75 Å². The van der Waals surface area contributed by atoms with Crippen LogP contribution in [0.25, 0.3) is 12.2 Å². The molecule has 0 unspecified atom stereocenters. The zero-order valence-electron chi connectivity index (χ0n) is 17.2. The van der Waals surface area contributed by atoms with Crippen molar-refractivity contribution in [2.24, 2.45) is 0 Å². The number of rotatable bonds is 6. The summed E-state index contributed by atoms with van der Waals surface area (Å²) in [5.41, 5.74) is 2.47. The quantitative estimate of drug-likeness (QED) is 0.501. The minimum absolute atomic E-state index is 0.238. The molecule has 1 aliphatic rings. The van der Waals surface area contributed by atoms with Gasteiger partial charge in [0.15, 0.2) is 6.61 Å². The minimum atomic E-state index is -4.44. The molecule has 0 fully saturated rings. The number of aliphatic carboxylic acids is 1. The van der Waals surface area contributed by atoms with Crippen LogP contribution in [0.2, 0.25) is 0 Å². The molecule has 3 aromatic carbocycles. The van der Waals surface area contributed by atoms with Crippen molar-refractivity contribution in [3.63, 3.8) is 0 Å². The number of anilines is 1. The molecule has 5 nitrogen and oxygen atoms in total. The molecule has 0 atom stereocenters. The first-order valence-corrected chi connectivity index (χ1v) is 9.96. The molecule has 0 spiro atoms. The fourth-order valence-corrected chi connectivity index (χ4v) is 3.59. The Kier molecular flexibility index (Phi) is 5.91. The highest BCUT2D eigenvalue weighted by molar-refractivity contribution is 6.10. The van der Waals surface area contributed by atoms with Gasteiger partial charge >= 0.3 is 12.1 Å². The Morgan fingerprint density at radius 3 is 2.45 bits per heavy atom. The monoisotopic (exact) mass is 453 g/mol. The molecule has 0 saturated heterocycles. The summed E-state index contributed by atoms with van der Waals surface area (Å²) in [5, 5.41) is 8.74. The number of carboxylic acid groups (broad SMARTS) is 1. The van der Waals surface area contributed by atoms with Crippen LogP contribution in [0.3, 0.4) is 0 Å². The van der Waals surface area contributed by atoms with Gasteiger partial charge in [-0.3, -0.25) is 4.79 Å².